The molecule has 4 rings (SSSR count). The van der Waals surface area contributed by atoms with Gasteiger partial charge in [-0.25, -0.2) is 9.80 Å². The number of carboxylic acids is 1. The van der Waals surface area contributed by atoms with Crippen LogP contribution >= 0.6 is 0 Å². The lowest BCUT2D eigenvalue weighted by Crippen LogP contribution is -2.63. The van der Waals surface area contributed by atoms with Gasteiger partial charge in [-0.1, -0.05) is 60.7 Å². The summed E-state index contributed by atoms with van der Waals surface area (Å²) < 4.78 is 10.6. The summed E-state index contributed by atoms with van der Waals surface area (Å²) in [6.07, 6.45) is -0.581. The molecule has 3 aromatic carbocycles. The summed E-state index contributed by atoms with van der Waals surface area (Å²) in [4.78, 5) is 68.2. The van der Waals surface area contributed by atoms with Crippen LogP contribution < -0.4 is 21.5 Å². The lowest BCUT2D eigenvalue weighted by Gasteiger charge is -2.41. The molecule has 15 nitrogen and oxygen atoms in total. The fourth-order valence-electron chi connectivity index (χ4n) is 5.51. The van der Waals surface area contributed by atoms with Crippen molar-refractivity contribution in [3.8, 4) is 5.75 Å². The molecule has 0 aromatic heterocycles. The van der Waals surface area contributed by atoms with Crippen molar-refractivity contribution in [2.24, 2.45) is 16.6 Å². The highest BCUT2D eigenvalue weighted by atomic mass is 16.5. The summed E-state index contributed by atoms with van der Waals surface area (Å²) in [6, 6.07) is 22.1. The average molecular weight is 688 g/mol. The highest BCUT2D eigenvalue weighted by Gasteiger charge is 2.40. The topological polar surface area (TPSA) is 210 Å². The Hall–Kier alpha value is -6.12. The Morgan fingerprint density at radius 1 is 0.960 bits per heavy atom. The van der Waals surface area contributed by atoms with Crippen molar-refractivity contribution >= 4 is 35.7 Å². The van der Waals surface area contributed by atoms with E-state index in [1.54, 1.807) is 66.7 Å². The second-order valence-corrected chi connectivity index (χ2v) is 11.5. The minimum Gasteiger partial charge on any atom is -0.497 e. The number of guanidine groups is 1. The maximum absolute atomic E-state index is 14.3. The van der Waals surface area contributed by atoms with E-state index in [9.17, 15) is 29.1 Å². The number of ether oxygens (including phenoxy) is 2. The number of rotatable bonds is 15. The number of nitrogens with zero attached hydrogens (tertiary/aromatic N) is 4. The third kappa shape index (κ3) is 10.4. The molecular weight excluding hydrogens is 646 g/mol. The number of nitrogens with two attached hydrogens (primary N) is 2. The van der Waals surface area contributed by atoms with Crippen molar-refractivity contribution in [2.45, 2.75) is 38.0 Å². The summed E-state index contributed by atoms with van der Waals surface area (Å²) >= 11 is 0. The SMILES string of the molecule is COc1ccc(CC(NC(=O)OCc2ccccc2)C(=O)N2CCN(CC(=O)O)C(=O)[C@@H]2CCCN(N=C(N)N)C(=O)c2ccccc2)cc1. The maximum atomic E-state index is 14.3. The standard InChI is InChI=1S/C35H41N7O8/c1-49-27-16-14-24(15-17-27)21-28(38-35(48)50-23-25-9-4-2-5-10-25)32(46)41-20-19-40(22-30(43)44)33(47)29(41)13-8-18-42(39-34(36)37)31(45)26-11-6-3-7-12-26/h2-7,9-12,14-17,28-29H,8,13,18-23H2,1H3,(H,38,48)(H,43,44)(H4,36,37,39)/t28?,29-/m0/s1. The number of piperazine rings is 1. The summed E-state index contributed by atoms with van der Waals surface area (Å²) in [5.74, 6) is -2.57. The largest absolute Gasteiger partial charge is 0.497 e. The molecule has 3 aromatic rings. The molecule has 0 saturated carbocycles. The first kappa shape index (κ1) is 36.7. The normalized spacial score (nSPS) is 14.7. The molecule has 0 bridgehead atoms. The molecule has 0 aliphatic carbocycles. The van der Waals surface area contributed by atoms with Crippen molar-refractivity contribution in [3.05, 3.63) is 102 Å². The van der Waals surface area contributed by atoms with E-state index in [1.165, 1.54) is 16.9 Å². The van der Waals surface area contributed by atoms with Crippen LogP contribution in [0.15, 0.2) is 90.0 Å². The Morgan fingerprint density at radius 2 is 1.62 bits per heavy atom. The Labute approximate surface area is 289 Å². The van der Waals surface area contributed by atoms with E-state index in [-0.39, 0.29) is 51.5 Å². The van der Waals surface area contributed by atoms with Crippen LogP contribution in [0.4, 0.5) is 4.79 Å². The third-order valence-corrected chi connectivity index (χ3v) is 7.93. The zero-order valence-corrected chi connectivity index (χ0v) is 27.6. The Kier molecular flexibility index (Phi) is 13.1. The number of hydrogen-bond donors (Lipinski definition) is 4. The molecule has 15 heteroatoms. The quantitative estimate of drug-likeness (QED) is 0.103. The smallest absolute Gasteiger partial charge is 0.408 e. The Balaban J connectivity index is 1.56. The van der Waals surface area contributed by atoms with Gasteiger partial charge in [-0.2, -0.15) is 0 Å². The summed E-state index contributed by atoms with van der Waals surface area (Å²) in [5.41, 5.74) is 13.0. The van der Waals surface area contributed by atoms with Gasteiger partial charge in [-0.05, 0) is 48.2 Å². The van der Waals surface area contributed by atoms with Gasteiger partial charge in [0.15, 0.2) is 0 Å². The van der Waals surface area contributed by atoms with Crippen LogP contribution in [-0.4, -0.2) is 101 Å². The predicted octanol–water partition coefficient (Wildman–Crippen LogP) is 1.77. The molecule has 1 fully saturated rings. The summed E-state index contributed by atoms with van der Waals surface area (Å²) in [6.45, 7) is -0.630. The van der Waals surface area contributed by atoms with Crippen molar-refractivity contribution < 1.29 is 38.6 Å². The summed E-state index contributed by atoms with van der Waals surface area (Å²) in [5, 5.41) is 17.1. The van der Waals surface area contributed by atoms with Crippen molar-refractivity contribution in [3.63, 3.8) is 0 Å². The van der Waals surface area contributed by atoms with E-state index in [2.05, 4.69) is 10.4 Å². The lowest BCUT2D eigenvalue weighted by molar-refractivity contribution is -0.156. The van der Waals surface area contributed by atoms with Crippen molar-refractivity contribution in [1.82, 2.24) is 20.1 Å². The number of hydrogen-bond acceptors (Lipinski definition) is 8. The zero-order valence-electron chi connectivity index (χ0n) is 27.6. The molecule has 1 unspecified atom stereocenters. The molecule has 4 amide bonds. The van der Waals surface area contributed by atoms with E-state index < -0.39 is 48.4 Å². The van der Waals surface area contributed by atoms with E-state index in [4.69, 9.17) is 20.9 Å². The van der Waals surface area contributed by atoms with Crippen molar-refractivity contribution in [1.29, 1.82) is 0 Å². The number of aliphatic carboxylic acids is 1. The first-order valence-corrected chi connectivity index (χ1v) is 15.9. The minimum absolute atomic E-state index is 0.00291. The second-order valence-electron chi connectivity index (χ2n) is 11.5. The van der Waals surface area contributed by atoms with E-state index in [1.807, 2.05) is 18.2 Å². The van der Waals surface area contributed by atoms with Gasteiger partial charge in [0.2, 0.25) is 17.8 Å². The fourth-order valence-corrected chi connectivity index (χ4v) is 5.51. The van der Waals surface area contributed by atoms with Crippen LogP contribution in [0.2, 0.25) is 0 Å². The van der Waals surface area contributed by atoms with E-state index in [0.717, 1.165) is 10.6 Å². The molecule has 2 atom stereocenters. The minimum atomic E-state index is -1.20. The molecular formula is C35H41N7O8. The molecule has 0 radical (unpaired) electrons. The van der Waals surface area contributed by atoms with Crippen LogP contribution in [0.1, 0.15) is 34.3 Å². The number of carboxylic acid groups (broad SMARTS) is 1. The van der Waals surface area contributed by atoms with Crippen LogP contribution in [0.3, 0.4) is 0 Å². The maximum Gasteiger partial charge on any atom is 0.408 e. The number of methoxy groups -OCH3 is 1. The average Bonchev–Trinajstić information content (AvgIpc) is 3.11. The van der Waals surface area contributed by atoms with Gasteiger partial charge in [0.05, 0.1) is 7.11 Å². The third-order valence-electron chi connectivity index (χ3n) is 7.93. The van der Waals surface area contributed by atoms with Gasteiger partial charge in [0.1, 0.15) is 31.0 Å². The van der Waals surface area contributed by atoms with Crippen LogP contribution in [0.5, 0.6) is 5.75 Å². The molecule has 264 valence electrons. The van der Waals surface area contributed by atoms with Gasteiger partial charge in [0.25, 0.3) is 5.91 Å². The van der Waals surface area contributed by atoms with Crippen LogP contribution in [0, 0.1) is 0 Å². The van der Waals surface area contributed by atoms with Crippen LogP contribution in [-0.2, 0) is 32.1 Å². The Morgan fingerprint density at radius 3 is 2.24 bits per heavy atom. The van der Waals surface area contributed by atoms with E-state index >= 15 is 0 Å². The first-order valence-electron chi connectivity index (χ1n) is 15.9. The highest BCUT2D eigenvalue weighted by Crippen LogP contribution is 2.21. The van der Waals surface area contributed by atoms with Gasteiger partial charge in [0, 0.05) is 31.6 Å². The van der Waals surface area contributed by atoms with Gasteiger partial charge in [-0.15, -0.1) is 5.10 Å². The van der Waals surface area contributed by atoms with Crippen LogP contribution in [0.25, 0.3) is 0 Å². The molecule has 1 saturated heterocycles. The van der Waals surface area contributed by atoms with Crippen molar-refractivity contribution in [2.75, 3.05) is 33.3 Å². The number of amides is 4. The van der Waals surface area contributed by atoms with Gasteiger partial charge < -0.3 is 41.2 Å². The molecule has 0 spiro atoms. The molecule has 1 aliphatic heterocycles. The number of hydrazone groups is 1. The second kappa shape index (κ2) is 17.9. The first-order chi connectivity index (χ1) is 24.0. The molecule has 6 N–H and O–H groups in total. The number of carbonyl (C=O) groups is 5. The monoisotopic (exact) mass is 687 g/mol. The number of alkyl carbamates (subject to hydrolysis) is 1. The predicted molar refractivity (Wildman–Crippen MR) is 182 cm³/mol. The molecule has 1 aliphatic rings. The number of carbonyl (C=O) groups excluding carboxylic acids is 4. The highest BCUT2D eigenvalue weighted by molar-refractivity contribution is 5.95. The summed E-state index contributed by atoms with van der Waals surface area (Å²) in [7, 11) is 1.53. The lowest BCUT2D eigenvalue weighted by atomic mass is 10.00. The molecule has 1 heterocycles. The Bertz CT molecular complexity index is 1650. The van der Waals surface area contributed by atoms with Gasteiger partial charge >= 0.3 is 12.1 Å². The number of benzene rings is 3. The molecule has 50 heavy (non-hydrogen) atoms. The fraction of sp³-hybridized carbons (Fsp3) is 0.314. The van der Waals surface area contributed by atoms with E-state index in [0.29, 0.717) is 16.9 Å². The zero-order chi connectivity index (χ0) is 36.0. The number of nitrogens with one attached hydrogen (secondary N) is 1. The van der Waals surface area contributed by atoms with Gasteiger partial charge in [-0.3, -0.25) is 19.2 Å².